The predicted molar refractivity (Wildman–Crippen MR) is 83.6 cm³/mol. The van der Waals surface area contributed by atoms with E-state index in [1.807, 2.05) is 13.0 Å². The van der Waals surface area contributed by atoms with Crippen molar-refractivity contribution >= 4 is 5.82 Å². The summed E-state index contributed by atoms with van der Waals surface area (Å²) in [6.45, 7) is 11.3. The lowest BCUT2D eigenvalue weighted by molar-refractivity contribution is -0.117. The fraction of sp³-hybridized carbons (Fsp3) is 0.750. The van der Waals surface area contributed by atoms with Gasteiger partial charge < -0.3 is 14.8 Å². The highest BCUT2D eigenvalue weighted by atomic mass is 16.5. The molecule has 21 heavy (non-hydrogen) atoms. The van der Waals surface area contributed by atoms with Gasteiger partial charge in [0, 0.05) is 51.0 Å². The first-order valence-electron chi connectivity index (χ1n) is 7.96. The summed E-state index contributed by atoms with van der Waals surface area (Å²) in [5.41, 5.74) is 0.656. The molecule has 1 aliphatic rings. The zero-order chi connectivity index (χ0) is 15.3. The summed E-state index contributed by atoms with van der Waals surface area (Å²) >= 11 is 0. The minimum atomic E-state index is -0.401. The number of aromatic nitrogens is 2. The molecule has 0 bridgehead atoms. The van der Waals surface area contributed by atoms with Gasteiger partial charge in [0.25, 0.3) is 0 Å². The molecule has 0 amide bonds. The Morgan fingerprint density at radius 3 is 2.57 bits per heavy atom. The van der Waals surface area contributed by atoms with Crippen LogP contribution in [0.3, 0.4) is 0 Å². The van der Waals surface area contributed by atoms with E-state index >= 15 is 0 Å². The summed E-state index contributed by atoms with van der Waals surface area (Å²) in [6, 6.07) is 2.04. The lowest BCUT2D eigenvalue weighted by Crippen LogP contribution is -2.38. The fourth-order valence-corrected chi connectivity index (χ4v) is 2.65. The molecule has 0 atom stereocenters. The molecule has 5 nitrogen and oxygen atoms in total. The first-order chi connectivity index (χ1) is 10.1. The van der Waals surface area contributed by atoms with Crippen molar-refractivity contribution < 1.29 is 9.47 Å². The van der Waals surface area contributed by atoms with Crippen molar-refractivity contribution in [2.75, 3.05) is 31.7 Å². The highest BCUT2D eigenvalue weighted by Crippen LogP contribution is 2.35. The van der Waals surface area contributed by atoms with Crippen LogP contribution in [0.4, 0.5) is 5.82 Å². The van der Waals surface area contributed by atoms with E-state index in [9.17, 15) is 0 Å². The fourth-order valence-electron chi connectivity index (χ4n) is 2.65. The number of hydrogen-bond acceptors (Lipinski definition) is 5. The topological polar surface area (TPSA) is 56.3 Å². The Balaban J connectivity index is 2.42. The van der Waals surface area contributed by atoms with Crippen LogP contribution in [0, 0.1) is 0 Å². The molecule has 1 saturated heterocycles. The summed E-state index contributed by atoms with van der Waals surface area (Å²) < 4.78 is 11.6. The van der Waals surface area contributed by atoms with Gasteiger partial charge in [0.1, 0.15) is 11.4 Å². The Labute approximate surface area is 127 Å². The van der Waals surface area contributed by atoms with Crippen LogP contribution < -0.4 is 5.32 Å². The second-order valence-corrected chi connectivity index (χ2v) is 5.73. The van der Waals surface area contributed by atoms with E-state index < -0.39 is 5.60 Å². The molecule has 5 heteroatoms. The Kier molecular flexibility index (Phi) is 5.53. The van der Waals surface area contributed by atoms with E-state index in [2.05, 4.69) is 26.1 Å². The van der Waals surface area contributed by atoms with Crippen molar-refractivity contribution in [3.63, 3.8) is 0 Å². The van der Waals surface area contributed by atoms with Gasteiger partial charge >= 0.3 is 0 Å². The summed E-state index contributed by atoms with van der Waals surface area (Å²) in [4.78, 5) is 9.52. The van der Waals surface area contributed by atoms with Crippen LogP contribution in [0.15, 0.2) is 6.07 Å². The average molecular weight is 293 g/mol. The minimum Gasteiger partial charge on any atom is -0.381 e. The molecule has 1 aromatic rings. The van der Waals surface area contributed by atoms with E-state index in [1.54, 1.807) is 0 Å². The lowest BCUT2D eigenvalue weighted by Gasteiger charge is -2.35. The molecule has 1 N–H and O–H groups in total. The van der Waals surface area contributed by atoms with Crippen LogP contribution in [0.2, 0.25) is 0 Å². The first-order valence-corrected chi connectivity index (χ1v) is 7.96. The molecule has 0 unspecified atom stereocenters. The van der Waals surface area contributed by atoms with Gasteiger partial charge in [0.05, 0.1) is 0 Å². The predicted octanol–water partition coefficient (Wildman–Crippen LogP) is 3.07. The maximum Gasteiger partial charge on any atom is 0.163 e. The Hall–Kier alpha value is -1.20. The number of ether oxygens (including phenoxy) is 2. The maximum absolute atomic E-state index is 6.09. The summed E-state index contributed by atoms with van der Waals surface area (Å²) in [7, 11) is 0. The third-order valence-electron chi connectivity index (χ3n) is 3.82. The van der Waals surface area contributed by atoms with E-state index in [1.165, 1.54) is 0 Å². The average Bonchev–Trinajstić information content (AvgIpc) is 2.48. The molecule has 118 valence electrons. The quantitative estimate of drug-likeness (QED) is 0.873. The van der Waals surface area contributed by atoms with Gasteiger partial charge in [-0.2, -0.15) is 0 Å². The van der Waals surface area contributed by atoms with Crippen molar-refractivity contribution in [2.24, 2.45) is 0 Å². The molecule has 0 aliphatic carbocycles. The van der Waals surface area contributed by atoms with Crippen molar-refractivity contribution in [1.82, 2.24) is 9.97 Å². The van der Waals surface area contributed by atoms with Crippen molar-refractivity contribution in [3.05, 3.63) is 17.6 Å². The SMILES string of the molecule is CCNc1cc(C(C)C)nc(C2(OCC)CCOCC2)n1. The zero-order valence-electron chi connectivity index (χ0n) is 13.6. The number of hydrogen-bond donors (Lipinski definition) is 1. The summed E-state index contributed by atoms with van der Waals surface area (Å²) in [6.07, 6.45) is 1.63. The Bertz CT molecular complexity index is 451. The van der Waals surface area contributed by atoms with Crippen LogP contribution >= 0.6 is 0 Å². The second kappa shape index (κ2) is 7.18. The molecular formula is C16H27N3O2. The number of nitrogens with one attached hydrogen (secondary N) is 1. The first kappa shape index (κ1) is 16.2. The zero-order valence-corrected chi connectivity index (χ0v) is 13.6. The van der Waals surface area contributed by atoms with Crippen molar-refractivity contribution in [1.29, 1.82) is 0 Å². The molecule has 0 radical (unpaired) electrons. The molecule has 1 aliphatic heterocycles. The van der Waals surface area contributed by atoms with E-state index in [4.69, 9.17) is 19.4 Å². The summed E-state index contributed by atoms with van der Waals surface area (Å²) in [5.74, 6) is 2.05. The molecule has 1 fully saturated rings. The molecule has 0 spiro atoms. The molecule has 0 aromatic carbocycles. The summed E-state index contributed by atoms with van der Waals surface area (Å²) in [5, 5.41) is 3.30. The van der Waals surface area contributed by atoms with Crippen LogP contribution in [0.5, 0.6) is 0 Å². The lowest BCUT2D eigenvalue weighted by atomic mass is 9.92. The van der Waals surface area contributed by atoms with Gasteiger partial charge in [-0.25, -0.2) is 9.97 Å². The highest BCUT2D eigenvalue weighted by molar-refractivity contribution is 5.37. The maximum atomic E-state index is 6.09. The van der Waals surface area contributed by atoms with Crippen LogP contribution in [0.1, 0.15) is 58.0 Å². The second-order valence-electron chi connectivity index (χ2n) is 5.73. The minimum absolute atomic E-state index is 0.364. The van der Waals surface area contributed by atoms with Crippen molar-refractivity contribution in [3.8, 4) is 0 Å². The van der Waals surface area contributed by atoms with Gasteiger partial charge in [-0.15, -0.1) is 0 Å². The number of nitrogens with zero attached hydrogens (tertiary/aromatic N) is 2. The van der Waals surface area contributed by atoms with Gasteiger partial charge in [-0.3, -0.25) is 0 Å². The largest absolute Gasteiger partial charge is 0.381 e. The smallest absolute Gasteiger partial charge is 0.163 e. The van der Waals surface area contributed by atoms with Gasteiger partial charge in [0.2, 0.25) is 0 Å². The van der Waals surface area contributed by atoms with Crippen LogP contribution in [-0.2, 0) is 15.1 Å². The normalized spacial score (nSPS) is 18.0. The van der Waals surface area contributed by atoms with E-state index in [-0.39, 0.29) is 0 Å². The van der Waals surface area contributed by atoms with Gasteiger partial charge in [-0.1, -0.05) is 13.8 Å². The molecule has 1 aromatic heterocycles. The third kappa shape index (κ3) is 3.71. The monoisotopic (exact) mass is 293 g/mol. The number of anilines is 1. The molecule has 2 rings (SSSR count). The number of rotatable bonds is 6. The van der Waals surface area contributed by atoms with E-state index in [0.29, 0.717) is 25.7 Å². The van der Waals surface area contributed by atoms with Crippen LogP contribution in [-0.4, -0.2) is 36.3 Å². The Morgan fingerprint density at radius 1 is 1.29 bits per heavy atom. The molecule has 0 saturated carbocycles. The third-order valence-corrected chi connectivity index (χ3v) is 3.82. The standard InChI is InChI=1S/C16H27N3O2/c1-5-17-14-11-13(12(3)4)18-15(19-14)16(21-6-2)7-9-20-10-8-16/h11-12H,5-10H2,1-4H3,(H,17,18,19). The van der Waals surface area contributed by atoms with E-state index in [0.717, 1.165) is 36.7 Å². The van der Waals surface area contributed by atoms with Crippen LogP contribution in [0.25, 0.3) is 0 Å². The molecule has 2 heterocycles. The Morgan fingerprint density at radius 2 is 2.00 bits per heavy atom. The van der Waals surface area contributed by atoms with Gasteiger partial charge in [-0.05, 0) is 19.8 Å². The highest BCUT2D eigenvalue weighted by Gasteiger charge is 2.38. The molecular weight excluding hydrogens is 266 g/mol. The van der Waals surface area contributed by atoms with Crippen molar-refractivity contribution in [2.45, 2.75) is 52.1 Å². The van der Waals surface area contributed by atoms with Gasteiger partial charge in [0.15, 0.2) is 5.82 Å².